The van der Waals surface area contributed by atoms with Crippen LogP contribution >= 0.6 is 0 Å². The van der Waals surface area contributed by atoms with E-state index in [-0.39, 0.29) is 12.1 Å². The highest BCUT2D eigenvalue weighted by Gasteiger charge is 2.31. The first-order valence-corrected chi connectivity index (χ1v) is 7.61. The predicted octanol–water partition coefficient (Wildman–Crippen LogP) is 2.97. The minimum atomic E-state index is -0.161. The lowest BCUT2D eigenvalue weighted by molar-refractivity contribution is 0.154. The summed E-state index contributed by atoms with van der Waals surface area (Å²) >= 11 is 0. The lowest BCUT2D eigenvalue weighted by atomic mass is 9.97. The number of aryl methyl sites for hydroxylation is 2. The number of aliphatic hydroxyl groups excluding tert-OH is 1. The molecule has 0 amide bonds. The zero-order valence-corrected chi connectivity index (χ0v) is 12.9. The van der Waals surface area contributed by atoms with Crippen molar-refractivity contribution in [2.45, 2.75) is 58.0 Å². The second kappa shape index (κ2) is 6.59. The number of ether oxygens (including phenoxy) is 1. The second-order valence-electron chi connectivity index (χ2n) is 6.36. The number of rotatable bonds is 8. The van der Waals surface area contributed by atoms with Crippen molar-refractivity contribution in [2.75, 3.05) is 13.2 Å². The van der Waals surface area contributed by atoms with Gasteiger partial charge in [0.15, 0.2) is 0 Å². The van der Waals surface area contributed by atoms with Crippen molar-refractivity contribution in [3.63, 3.8) is 0 Å². The fourth-order valence-electron chi connectivity index (χ4n) is 2.42. The maximum Gasteiger partial charge on any atom is 0.122 e. The van der Waals surface area contributed by atoms with Crippen LogP contribution in [0.5, 0.6) is 5.75 Å². The smallest absolute Gasteiger partial charge is 0.122 e. The Bertz CT molecular complexity index is 443. The summed E-state index contributed by atoms with van der Waals surface area (Å²) in [5, 5.41) is 13.1. The summed E-state index contributed by atoms with van der Waals surface area (Å²) in [7, 11) is 0. The van der Waals surface area contributed by atoms with Crippen molar-refractivity contribution in [3.8, 4) is 5.75 Å². The van der Waals surface area contributed by atoms with E-state index in [9.17, 15) is 5.11 Å². The Morgan fingerprint density at radius 2 is 2.10 bits per heavy atom. The summed E-state index contributed by atoms with van der Waals surface area (Å²) in [6.45, 7) is 7.14. The molecule has 1 unspecified atom stereocenters. The summed E-state index contributed by atoms with van der Waals surface area (Å²) < 4.78 is 5.87. The zero-order chi connectivity index (χ0) is 14.6. The van der Waals surface area contributed by atoms with Crippen LogP contribution in [-0.2, 0) is 0 Å². The molecule has 2 rings (SSSR count). The van der Waals surface area contributed by atoms with Gasteiger partial charge in [-0.1, -0.05) is 12.1 Å². The predicted molar refractivity (Wildman–Crippen MR) is 82.3 cm³/mol. The first-order valence-electron chi connectivity index (χ1n) is 7.61. The summed E-state index contributed by atoms with van der Waals surface area (Å²) in [6, 6.07) is 6.90. The van der Waals surface area contributed by atoms with Crippen molar-refractivity contribution in [2.24, 2.45) is 0 Å². The number of benzene rings is 1. The van der Waals surface area contributed by atoms with E-state index < -0.39 is 0 Å². The molecule has 3 heteroatoms. The van der Waals surface area contributed by atoms with E-state index in [0.717, 1.165) is 18.6 Å². The van der Waals surface area contributed by atoms with E-state index in [1.807, 2.05) is 0 Å². The molecule has 0 spiro atoms. The van der Waals surface area contributed by atoms with E-state index in [1.54, 1.807) is 0 Å². The Hall–Kier alpha value is -1.06. The molecule has 0 saturated heterocycles. The Balaban J connectivity index is 1.76. The van der Waals surface area contributed by atoms with Crippen LogP contribution in [-0.4, -0.2) is 29.9 Å². The van der Waals surface area contributed by atoms with Gasteiger partial charge >= 0.3 is 0 Å². The monoisotopic (exact) mass is 277 g/mol. The van der Waals surface area contributed by atoms with E-state index in [4.69, 9.17) is 4.74 Å². The molecule has 0 radical (unpaired) electrons. The highest BCUT2D eigenvalue weighted by Crippen LogP contribution is 2.25. The first-order chi connectivity index (χ1) is 9.52. The summed E-state index contributed by atoms with van der Waals surface area (Å²) in [5.41, 5.74) is 2.24. The standard InChI is InChI=1S/C17H27NO2/c1-13-5-6-14(2)16(11-13)20-10-4-9-17(3,12-19)18-15-7-8-15/h5-6,11,15,18-19H,4,7-10,12H2,1-3H3. The van der Waals surface area contributed by atoms with Gasteiger partial charge in [-0.25, -0.2) is 0 Å². The molecule has 1 aliphatic carbocycles. The molecule has 0 heterocycles. The third-order valence-electron chi connectivity index (χ3n) is 3.95. The van der Waals surface area contributed by atoms with Crippen molar-refractivity contribution < 1.29 is 9.84 Å². The Morgan fingerprint density at radius 1 is 1.35 bits per heavy atom. The van der Waals surface area contributed by atoms with Crippen molar-refractivity contribution >= 4 is 0 Å². The summed E-state index contributed by atoms with van der Waals surface area (Å²) in [5.74, 6) is 0.978. The minimum absolute atomic E-state index is 0.161. The third-order valence-corrected chi connectivity index (χ3v) is 3.95. The molecule has 2 N–H and O–H groups in total. The van der Waals surface area contributed by atoms with Crippen LogP contribution in [0.2, 0.25) is 0 Å². The van der Waals surface area contributed by atoms with E-state index in [2.05, 4.69) is 44.3 Å². The molecule has 112 valence electrons. The van der Waals surface area contributed by atoms with Crippen LogP contribution in [0.15, 0.2) is 18.2 Å². The molecule has 1 aromatic carbocycles. The van der Waals surface area contributed by atoms with Crippen LogP contribution in [0.3, 0.4) is 0 Å². The minimum Gasteiger partial charge on any atom is -0.493 e. The highest BCUT2D eigenvalue weighted by molar-refractivity contribution is 5.35. The topological polar surface area (TPSA) is 41.5 Å². The van der Waals surface area contributed by atoms with Gasteiger partial charge in [0.05, 0.1) is 13.2 Å². The molecule has 1 saturated carbocycles. The number of hydrogen-bond donors (Lipinski definition) is 2. The van der Waals surface area contributed by atoms with Gasteiger partial charge in [0, 0.05) is 11.6 Å². The average Bonchev–Trinajstić information content (AvgIpc) is 3.22. The fraction of sp³-hybridized carbons (Fsp3) is 0.647. The van der Waals surface area contributed by atoms with Gasteiger partial charge in [-0.05, 0) is 63.6 Å². The van der Waals surface area contributed by atoms with Crippen LogP contribution in [0.1, 0.15) is 43.7 Å². The van der Waals surface area contributed by atoms with Crippen molar-refractivity contribution in [3.05, 3.63) is 29.3 Å². The quantitative estimate of drug-likeness (QED) is 0.718. The SMILES string of the molecule is Cc1ccc(C)c(OCCCC(C)(CO)NC2CC2)c1. The van der Waals surface area contributed by atoms with Gasteiger partial charge in [0.2, 0.25) is 0 Å². The molecular weight excluding hydrogens is 250 g/mol. The number of hydrogen-bond acceptors (Lipinski definition) is 3. The highest BCUT2D eigenvalue weighted by atomic mass is 16.5. The number of aliphatic hydroxyl groups is 1. The third kappa shape index (κ3) is 4.50. The van der Waals surface area contributed by atoms with E-state index in [1.165, 1.54) is 24.0 Å². The van der Waals surface area contributed by atoms with Crippen molar-refractivity contribution in [1.82, 2.24) is 5.32 Å². The summed E-state index contributed by atoms with van der Waals surface area (Å²) in [6.07, 6.45) is 4.37. The molecule has 1 fully saturated rings. The Morgan fingerprint density at radius 3 is 2.75 bits per heavy atom. The van der Waals surface area contributed by atoms with Gasteiger partial charge in [-0.2, -0.15) is 0 Å². The zero-order valence-electron chi connectivity index (χ0n) is 12.9. The normalized spacial score (nSPS) is 17.8. The van der Waals surface area contributed by atoms with E-state index in [0.29, 0.717) is 12.6 Å². The van der Waals surface area contributed by atoms with Crippen LogP contribution < -0.4 is 10.1 Å². The average molecular weight is 277 g/mol. The van der Waals surface area contributed by atoms with E-state index >= 15 is 0 Å². The van der Waals surface area contributed by atoms with Gasteiger partial charge in [0.1, 0.15) is 5.75 Å². The Kier molecular flexibility index (Phi) is 5.06. The molecule has 3 nitrogen and oxygen atoms in total. The maximum atomic E-state index is 9.56. The molecule has 1 aromatic rings. The van der Waals surface area contributed by atoms with Crippen LogP contribution in [0, 0.1) is 13.8 Å². The molecule has 0 aliphatic heterocycles. The second-order valence-corrected chi connectivity index (χ2v) is 6.36. The summed E-state index contributed by atoms with van der Waals surface area (Å²) in [4.78, 5) is 0. The molecule has 0 aromatic heterocycles. The Labute approximate surface area is 122 Å². The lowest BCUT2D eigenvalue weighted by Crippen LogP contribution is -2.47. The van der Waals surface area contributed by atoms with Gasteiger partial charge in [0.25, 0.3) is 0 Å². The van der Waals surface area contributed by atoms with Gasteiger partial charge in [-0.15, -0.1) is 0 Å². The molecular formula is C17H27NO2. The van der Waals surface area contributed by atoms with Crippen molar-refractivity contribution in [1.29, 1.82) is 0 Å². The molecule has 1 aliphatic rings. The lowest BCUT2D eigenvalue weighted by Gasteiger charge is -2.29. The van der Waals surface area contributed by atoms with Crippen LogP contribution in [0.25, 0.3) is 0 Å². The fourth-order valence-corrected chi connectivity index (χ4v) is 2.42. The van der Waals surface area contributed by atoms with Gasteiger partial charge in [-0.3, -0.25) is 0 Å². The van der Waals surface area contributed by atoms with Crippen LogP contribution in [0.4, 0.5) is 0 Å². The largest absolute Gasteiger partial charge is 0.493 e. The first kappa shape index (κ1) is 15.3. The molecule has 20 heavy (non-hydrogen) atoms. The maximum absolute atomic E-state index is 9.56. The van der Waals surface area contributed by atoms with Gasteiger partial charge < -0.3 is 15.2 Å². The molecule has 0 bridgehead atoms. The number of nitrogens with one attached hydrogen (secondary N) is 1. The molecule has 1 atom stereocenters.